The van der Waals surface area contributed by atoms with Crippen molar-refractivity contribution in [1.29, 1.82) is 0 Å². The lowest BCUT2D eigenvalue weighted by Gasteiger charge is -2.42. The molecule has 4 fully saturated rings. The lowest BCUT2D eigenvalue weighted by Crippen LogP contribution is -2.57. The zero-order valence-electron chi connectivity index (χ0n) is 20.6. The van der Waals surface area contributed by atoms with Crippen LogP contribution in [0.5, 0.6) is 0 Å². The first-order chi connectivity index (χ1) is 15.8. The minimum absolute atomic E-state index is 0.00816. The molecule has 1 N–H and O–H groups in total. The van der Waals surface area contributed by atoms with Crippen molar-refractivity contribution >= 4 is 12.1 Å². The van der Waals surface area contributed by atoms with Crippen LogP contribution in [-0.4, -0.2) is 68.4 Å². The molecular weight excluding hydrogens is 426 g/mol. The van der Waals surface area contributed by atoms with E-state index in [4.69, 9.17) is 23.7 Å². The Kier molecular flexibility index (Phi) is 7.08. The number of allylic oxidation sites excluding steroid dienone is 1. The van der Waals surface area contributed by atoms with Gasteiger partial charge in [0.2, 0.25) is 0 Å². The van der Waals surface area contributed by atoms with Gasteiger partial charge in [-0.3, -0.25) is 0 Å². The van der Waals surface area contributed by atoms with Crippen molar-refractivity contribution < 1.29 is 33.3 Å². The molecule has 8 nitrogen and oxygen atoms in total. The zero-order valence-corrected chi connectivity index (χ0v) is 20.6. The second-order valence-corrected chi connectivity index (χ2v) is 10.3. The first-order valence-corrected chi connectivity index (χ1v) is 12.3. The predicted molar refractivity (Wildman–Crippen MR) is 121 cm³/mol. The van der Waals surface area contributed by atoms with E-state index < -0.39 is 29.8 Å². The average molecular weight is 466 g/mol. The Morgan fingerprint density at radius 1 is 1.15 bits per heavy atom. The van der Waals surface area contributed by atoms with Crippen molar-refractivity contribution in [3.8, 4) is 0 Å². The molecule has 0 bridgehead atoms. The third kappa shape index (κ3) is 4.66. The van der Waals surface area contributed by atoms with E-state index >= 15 is 0 Å². The van der Waals surface area contributed by atoms with Gasteiger partial charge in [0.05, 0.1) is 19.6 Å². The van der Waals surface area contributed by atoms with Gasteiger partial charge in [-0.1, -0.05) is 25.3 Å². The number of carbonyl (C=O) groups excluding carboxylic acids is 2. The fourth-order valence-corrected chi connectivity index (χ4v) is 6.31. The third-order valence-corrected chi connectivity index (χ3v) is 8.33. The Balaban J connectivity index is 1.46. The third-order valence-electron chi connectivity index (χ3n) is 8.33. The maximum atomic E-state index is 12.9. The molecule has 0 radical (unpaired) electrons. The summed E-state index contributed by atoms with van der Waals surface area (Å²) in [5, 5.41) is 2.81. The monoisotopic (exact) mass is 465 g/mol. The molecule has 1 amide bonds. The number of epoxide rings is 2. The maximum absolute atomic E-state index is 12.9. The molecule has 2 heterocycles. The summed E-state index contributed by atoms with van der Waals surface area (Å²) in [6, 6.07) is -0.688. The molecule has 1 spiro atoms. The van der Waals surface area contributed by atoms with Crippen molar-refractivity contribution in [3.05, 3.63) is 11.6 Å². The van der Waals surface area contributed by atoms with Gasteiger partial charge in [-0.2, -0.15) is 0 Å². The molecule has 4 rings (SSSR count). The first-order valence-electron chi connectivity index (χ1n) is 12.3. The Morgan fingerprint density at radius 3 is 2.42 bits per heavy atom. The minimum atomic E-state index is -0.688. The molecule has 2 saturated heterocycles. The van der Waals surface area contributed by atoms with Crippen molar-refractivity contribution in [3.63, 3.8) is 0 Å². The topological polar surface area (TPSA) is 98.9 Å². The van der Waals surface area contributed by atoms with Gasteiger partial charge < -0.3 is 29.0 Å². The smallest absolute Gasteiger partial charge is 0.408 e. The van der Waals surface area contributed by atoms with Crippen molar-refractivity contribution in [2.45, 2.75) is 101 Å². The summed E-state index contributed by atoms with van der Waals surface area (Å²) in [6.45, 7) is 6.85. The van der Waals surface area contributed by atoms with Crippen LogP contribution in [0.4, 0.5) is 4.79 Å². The summed E-state index contributed by atoms with van der Waals surface area (Å²) < 4.78 is 29.0. The molecule has 1 unspecified atom stereocenters. The van der Waals surface area contributed by atoms with E-state index in [9.17, 15) is 9.59 Å². The highest BCUT2D eigenvalue weighted by Crippen LogP contribution is 2.60. The van der Waals surface area contributed by atoms with Crippen LogP contribution in [0.3, 0.4) is 0 Å². The highest BCUT2D eigenvalue weighted by molar-refractivity contribution is 5.81. The zero-order chi connectivity index (χ0) is 23.8. The molecule has 4 aliphatic rings. The van der Waals surface area contributed by atoms with Crippen molar-refractivity contribution in [2.24, 2.45) is 11.8 Å². The molecule has 2 aliphatic carbocycles. The fourth-order valence-electron chi connectivity index (χ4n) is 6.31. The quantitative estimate of drug-likeness (QED) is 0.349. The maximum Gasteiger partial charge on any atom is 0.408 e. The molecule has 7 atom stereocenters. The number of methoxy groups -OCH3 is 2. The van der Waals surface area contributed by atoms with Crippen molar-refractivity contribution in [2.75, 3.05) is 20.8 Å². The van der Waals surface area contributed by atoms with E-state index in [0.29, 0.717) is 13.0 Å². The minimum Gasteiger partial charge on any atom is -0.467 e. The van der Waals surface area contributed by atoms with Crippen LogP contribution in [-0.2, 0) is 28.5 Å². The van der Waals surface area contributed by atoms with Crippen LogP contribution in [0.2, 0.25) is 0 Å². The molecular formula is C25H39NO7. The van der Waals surface area contributed by atoms with E-state index in [-0.39, 0.29) is 29.6 Å². The molecule has 2 saturated carbocycles. The van der Waals surface area contributed by atoms with E-state index in [2.05, 4.69) is 25.2 Å². The number of rotatable bonds is 7. The van der Waals surface area contributed by atoms with E-state index in [0.717, 1.165) is 38.5 Å². The number of nitrogens with one attached hydrogen (secondary N) is 1. The predicted octanol–water partition coefficient (Wildman–Crippen LogP) is 3.52. The summed E-state index contributed by atoms with van der Waals surface area (Å²) in [5.74, 6) is -0.406. The number of hydrogen-bond donors (Lipinski definition) is 1. The van der Waals surface area contributed by atoms with Crippen LogP contribution >= 0.6 is 0 Å². The summed E-state index contributed by atoms with van der Waals surface area (Å²) in [7, 11) is 3.00. The Morgan fingerprint density at radius 2 is 1.85 bits per heavy atom. The Hall–Kier alpha value is -1.64. The number of amides is 1. The lowest BCUT2D eigenvalue weighted by molar-refractivity contribution is -0.145. The van der Waals surface area contributed by atoms with E-state index in [1.54, 1.807) is 7.11 Å². The van der Waals surface area contributed by atoms with Gasteiger partial charge in [-0.05, 0) is 57.9 Å². The SMILES string of the molecule is C/C=C(/C)[C@H]1O[C@]1(C)[C@H]1[C@H](OC)[C@H](OC(=O)NC(C(=O)OC)C2CCCCC2)CC[C@]12CO2. The summed E-state index contributed by atoms with van der Waals surface area (Å²) in [4.78, 5) is 25.4. The lowest BCUT2D eigenvalue weighted by atomic mass is 9.68. The van der Waals surface area contributed by atoms with E-state index in [1.807, 2.05) is 6.92 Å². The molecule has 186 valence electrons. The van der Waals surface area contributed by atoms with Crippen LogP contribution in [0.15, 0.2) is 11.6 Å². The van der Waals surface area contributed by atoms with Gasteiger partial charge in [0.15, 0.2) is 0 Å². The summed E-state index contributed by atoms with van der Waals surface area (Å²) >= 11 is 0. The van der Waals surface area contributed by atoms with Gasteiger partial charge in [-0.15, -0.1) is 0 Å². The van der Waals surface area contributed by atoms with Crippen LogP contribution in [0.25, 0.3) is 0 Å². The van der Waals surface area contributed by atoms with Crippen LogP contribution in [0, 0.1) is 11.8 Å². The summed E-state index contributed by atoms with van der Waals surface area (Å²) in [6.07, 6.45) is 7.14. The van der Waals surface area contributed by atoms with Crippen LogP contribution < -0.4 is 5.32 Å². The standard InChI is InChI=1S/C25H39NO7/c1-6-15(2)21-24(3,33-21)20-19(29-4)17(12-13-25(20)14-31-25)32-23(28)26-18(22(27)30-5)16-10-8-7-9-11-16/h6,16-21H,7-14H2,1-5H3,(H,26,28)/b15-6-/t17-,18?,19-,20-,21-,24-,25+/m1/s1. The second-order valence-electron chi connectivity index (χ2n) is 10.3. The second kappa shape index (κ2) is 9.55. The largest absolute Gasteiger partial charge is 0.467 e. The molecule has 8 heteroatoms. The number of alkyl carbamates (subject to hydrolysis) is 1. The first kappa shape index (κ1) is 24.5. The Bertz CT molecular complexity index is 773. The van der Waals surface area contributed by atoms with Gasteiger partial charge in [0.1, 0.15) is 35.6 Å². The van der Waals surface area contributed by atoms with Gasteiger partial charge in [0, 0.05) is 7.11 Å². The normalized spacial score (nSPS) is 39.6. The summed E-state index contributed by atoms with van der Waals surface area (Å²) in [5.41, 5.74) is 0.464. The van der Waals surface area contributed by atoms with Gasteiger partial charge in [-0.25, -0.2) is 9.59 Å². The number of esters is 1. The van der Waals surface area contributed by atoms with Gasteiger partial charge >= 0.3 is 12.1 Å². The van der Waals surface area contributed by atoms with Crippen LogP contribution in [0.1, 0.15) is 65.7 Å². The van der Waals surface area contributed by atoms with E-state index in [1.165, 1.54) is 12.7 Å². The molecule has 2 aliphatic heterocycles. The highest BCUT2D eigenvalue weighted by atomic mass is 16.6. The Labute approximate surface area is 196 Å². The number of ether oxygens (including phenoxy) is 5. The molecule has 33 heavy (non-hydrogen) atoms. The molecule has 0 aromatic carbocycles. The average Bonchev–Trinajstić information content (AvgIpc) is 3.75. The molecule has 0 aromatic rings. The number of hydrogen-bond acceptors (Lipinski definition) is 7. The highest BCUT2D eigenvalue weighted by Gasteiger charge is 2.72. The fraction of sp³-hybridized carbons (Fsp3) is 0.840. The molecule has 0 aromatic heterocycles. The van der Waals surface area contributed by atoms with Crippen molar-refractivity contribution in [1.82, 2.24) is 5.32 Å². The number of carbonyl (C=O) groups is 2. The van der Waals surface area contributed by atoms with Gasteiger partial charge in [0.25, 0.3) is 0 Å².